The van der Waals surface area contributed by atoms with Crippen molar-refractivity contribution in [3.63, 3.8) is 0 Å². The largest absolute Gasteiger partial charge is 0.507 e. The number of epoxide rings is 1. The van der Waals surface area contributed by atoms with Gasteiger partial charge in [0.25, 0.3) is 0 Å². The fraction of sp³-hybridized carbons (Fsp3) is 0.174. The maximum Gasteiger partial charge on any atom is 0.196 e. The molecule has 2 N–H and O–H groups in total. The molecule has 4 rings (SSSR count). The third-order valence-corrected chi connectivity index (χ3v) is 4.99. The number of hydrogen-bond donors (Lipinski definition) is 2. The Morgan fingerprint density at radius 2 is 1.63 bits per heavy atom. The first-order valence-electron chi connectivity index (χ1n) is 8.84. The van der Waals surface area contributed by atoms with Crippen LogP contribution >= 0.6 is 0 Å². The summed E-state index contributed by atoms with van der Waals surface area (Å²) in [5.41, 5.74) is 3.62. The predicted octanol–water partition coefficient (Wildman–Crippen LogP) is 4.76. The van der Waals surface area contributed by atoms with E-state index in [1.54, 1.807) is 37.3 Å². The summed E-state index contributed by atoms with van der Waals surface area (Å²) in [7, 11) is 0. The van der Waals surface area contributed by atoms with Crippen LogP contribution in [-0.4, -0.2) is 16.0 Å². The van der Waals surface area contributed by atoms with Crippen LogP contribution in [0.5, 0.6) is 11.5 Å². The molecular formula is C23H20O4. The Balaban J connectivity index is 1.73. The average molecular weight is 360 g/mol. The van der Waals surface area contributed by atoms with Crippen LogP contribution in [0.1, 0.15) is 50.4 Å². The van der Waals surface area contributed by atoms with E-state index in [4.69, 9.17) is 4.74 Å². The van der Waals surface area contributed by atoms with Crippen molar-refractivity contribution in [1.82, 2.24) is 0 Å². The van der Waals surface area contributed by atoms with Crippen molar-refractivity contribution in [1.29, 1.82) is 0 Å². The molecular weight excluding hydrogens is 340 g/mol. The normalized spacial score (nSPS) is 18.3. The molecule has 1 aliphatic heterocycles. The lowest BCUT2D eigenvalue weighted by Gasteiger charge is -2.12. The van der Waals surface area contributed by atoms with E-state index in [-0.39, 0.29) is 40.6 Å². The van der Waals surface area contributed by atoms with Gasteiger partial charge in [0.2, 0.25) is 0 Å². The summed E-state index contributed by atoms with van der Waals surface area (Å²) in [6.45, 7) is 3.61. The molecule has 0 bridgehead atoms. The molecule has 1 heterocycles. The lowest BCUT2D eigenvalue weighted by Crippen LogP contribution is -2.04. The summed E-state index contributed by atoms with van der Waals surface area (Å²) in [4.78, 5) is 12.8. The Morgan fingerprint density at radius 3 is 2.33 bits per heavy atom. The highest BCUT2D eigenvalue weighted by Gasteiger charge is 2.44. The lowest BCUT2D eigenvalue weighted by molar-refractivity contribution is 0.103. The minimum Gasteiger partial charge on any atom is -0.507 e. The predicted molar refractivity (Wildman–Crippen MR) is 102 cm³/mol. The number of carbonyl (C=O) groups is 1. The fourth-order valence-electron chi connectivity index (χ4n) is 3.41. The second-order valence-corrected chi connectivity index (χ2v) is 6.92. The van der Waals surface area contributed by atoms with E-state index in [9.17, 15) is 15.0 Å². The van der Waals surface area contributed by atoms with Gasteiger partial charge in [0, 0.05) is 16.7 Å². The molecule has 0 spiro atoms. The van der Waals surface area contributed by atoms with Crippen LogP contribution in [0.25, 0.3) is 0 Å². The van der Waals surface area contributed by atoms with E-state index in [1.165, 1.54) is 0 Å². The minimum atomic E-state index is -0.339. The molecule has 4 nitrogen and oxygen atoms in total. The Kier molecular flexibility index (Phi) is 4.21. The van der Waals surface area contributed by atoms with Gasteiger partial charge >= 0.3 is 0 Å². The van der Waals surface area contributed by atoms with Crippen molar-refractivity contribution in [2.75, 3.05) is 0 Å². The van der Waals surface area contributed by atoms with Crippen LogP contribution in [0, 0.1) is 13.8 Å². The number of ketones is 1. The van der Waals surface area contributed by atoms with Gasteiger partial charge in [-0.1, -0.05) is 60.2 Å². The quantitative estimate of drug-likeness (QED) is 0.520. The number of hydrogen-bond acceptors (Lipinski definition) is 4. The standard InChI is InChI=1S/C23H20O4/c1-13-7-6-10-16(11-13)22-23(27-22)18-12-17(19(24)14(2)20(18)25)21(26)15-8-4-3-5-9-15/h3-12,22-25H,1-2H3. The molecule has 4 heteroatoms. The van der Waals surface area contributed by atoms with E-state index in [2.05, 4.69) is 0 Å². The number of phenolic OH excluding ortho intramolecular Hbond substituents is 2. The number of ether oxygens (including phenoxy) is 1. The maximum atomic E-state index is 12.8. The van der Waals surface area contributed by atoms with E-state index in [0.717, 1.165) is 11.1 Å². The molecule has 0 aromatic heterocycles. The van der Waals surface area contributed by atoms with Crippen LogP contribution in [-0.2, 0) is 4.74 Å². The van der Waals surface area contributed by atoms with E-state index in [0.29, 0.717) is 11.1 Å². The molecule has 0 saturated carbocycles. The Bertz CT molecular complexity index is 1020. The van der Waals surface area contributed by atoms with E-state index in [1.807, 2.05) is 37.3 Å². The fourth-order valence-corrected chi connectivity index (χ4v) is 3.41. The Hall–Kier alpha value is -3.11. The van der Waals surface area contributed by atoms with Crippen LogP contribution in [0.4, 0.5) is 0 Å². The SMILES string of the molecule is Cc1cccc(C2OC2c2cc(C(=O)c3ccccc3)c(O)c(C)c2O)c1. The van der Waals surface area contributed by atoms with Crippen LogP contribution in [0.15, 0.2) is 60.7 Å². The molecule has 2 atom stereocenters. The summed E-state index contributed by atoms with van der Waals surface area (Å²) < 4.78 is 5.81. The molecule has 27 heavy (non-hydrogen) atoms. The second-order valence-electron chi connectivity index (χ2n) is 6.92. The Morgan fingerprint density at radius 1 is 0.889 bits per heavy atom. The molecule has 0 radical (unpaired) electrons. The van der Waals surface area contributed by atoms with Gasteiger partial charge in [-0.3, -0.25) is 4.79 Å². The first-order chi connectivity index (χ1) is 13.0. The summed E-state index contributed by atoms with van der Waals surface area (Å²) in [6.07, 6.45) is -0.507. The van der Waals surface area contributed by atoms with Crippen LogP contribution < -0.4 is 0 Å². The first kappa shape index (κ1) is 17.3. The highest BCUT2D eigenvalue weighted by Crippen LogP contribution is 2.55. The third kappa shape index (κ3) is 3.09. The van der Waals surface area contributed by atoms with Gasteiger partial charge < -0.3 is 14.9 Å². The zero-order valence-electron chi connectivity index (χ0n) is 15.1. The molecule has 136 valence electrons. The number of phenols is 2. The topological polar surface area (TPSA) is 70.1 Å². The van der Waals surface area contributed by atoms with Crippen LogP contribution in [0.2, 0.25) is 0 Å². The number of benzene rings is 3. The van der Waals surface area contributed by atoms with Crippen molar-refractivity contribution >= 4 is 5.78 Å². The van der Waals surface area contributed by atoms with Gasteiger partial charge in [0.15, 0.2) is 5.78 Å². The summed E-state index contributed by atoms with van der Waals surface area (Å²) in [5.74, 6) is -0.514. The smallest absolute Gasteiger partial charge is 0.196 e. The molecule has 1 saturated heterocycles. The number of aromatic hydroxyl groups is 2. The van der Waals surface area contributed by atoms with E-state index >= 15 is 0 Å². The van der Waals surface area contributed by atoms with Gasteiger partial charge in [-0.2, -0.15) is 0 Å². The number of aryl methyl sites for hydroxylation is 1. The highest BCUT2D eigenvalue weighted by atomic mass is 16.6. The van der Waals surface area contributed by atoms with Gasteiger partial charge in [0.1, 0.15) is 23.7 Å². The average Bonchev–Trinajstić information content (AvgIpc) is 3.47. The van der Waals surface area contributed by atoms with Crippen molar-refractivity contribution in [2.45, 2.75) is 26.1 Å². The summed E-state index contributed by atoms with van der Waals surface area (Å²) in [5, 5.41) is 21.0. The first-order valence-corrected chi connectivity index (χ1v) is 8.84. The summed E-state index contributed by atoms with van der Waals surface area (Å²) in [6, 6.07) is 18.3. The van der Waals surface area contributed by atoms with Crippen LogP contribution in [0.3, 0.4) is 0 Å². The number of carbonyl (C=O) groups excluding carboxylic acids is 1. The molecule has 2 unspecified atom stereocenters. The molecule has 1 aliphatic rings. The zero-order valence-corrected chi connectivity index (χ0v) is 15.1. The Labute approximate surface area is 157 Å². The monoisotopic (exact) mass is 360 g/mol. The molecule has 3 aromatic carbocycles. The second kappa shape index (κ2) is 6.56. The van der Waals surface area contributed by atoms with Crippen molar-refractivity contribution in [3.8, 4) is 11.5 Å². The van der Waals surface area contributed by atoms with Gasteiger partial charge in [0.05, 0.1) is 5.56 Å². The van der Waals surface area contributed by atoms with Gasteiger partial charge in [-0.15, -0.1) is 0 Å². The molecule has 1 fully saturated rings. The number of rotatable bonds is 4. The van der Waals surface area contributed by atoms with Crippen molar-refractivity contribution in [3.05, 3.63) is 94.0 Å². The summed E-state index contributed by atoms with van der Waals surface area (Å²) >= 11 is 0. The van der Waals surface area contributed by atoms with Gasteiger partial charge in [-0.25, -0.2) is 0 Å². The molecule has 0 amide bonds. The van der Waals surface area contributed by atoms with E-state index < -0.39 is 0 Å². The molecule has 0 aliphatic carbocycles. The van der Waals surface area contributed by atoms with Gasteiger partial charge in [-0.05, 0) is 25.5 Å². The maximum absolute atomic E-state index is 12.8. The zero-order chi connectivity index (χ0) is 19.1. The minimum absolute atomic E-state index is 0.0303. The third-order valence-electron chi connectivity index (χ3n) is 4.99. The lowest BCUT2D eigenvalue weighted by atomic mass is 9.94. The van der Waals surface area contributed by atoms with Crippen molar-refractivity contribution in [2.24, 2.45) is 0 Å². The van der Waals surface area contributed by atoms with Crippen molar-refractivity contribution < 1.29 is 19.7 Å². The molecule has 3 aromatic rings. The highest BCUT2D eigenvalue weighted by molar-refractivity contribution is 6.11.